The largest absolute Gasteiger partial charge is 0.458 e. The molecule has 8 nitrogen and oxygen atoms in total. The van der Waals surface area contributed by atoms with Crippen molar-refractivity contribution in [2.75, 3.05) is 13.2 Å². The average molecular weight is 414 g/mol. The molecule has 8 heteroatoms. The van der Waals surface area contributed by atoms with E-state index < -0.39 is 24.1 Å². The average Bonchev–Trinajstić information content (AvgIpc) is 3.00. The SMILES string of the molecule is CCCO/[N+]([O-])=C(\C(=O)OCC)[C@@H]1CC(=O)O[C@H]1O[C@@H]1C[C@H](C)CC[C@H]1C(C)C. The van der Waals surface area contributed by atoms with Gasteiger partial charge < -0.3 is 19.0 Å². The number of cyclic esters (lactones) is 1. The molecule has 29 heavy (non-hydrogen) atoms. The first-order valence-corrected chi connectivity index (χ1v) is 10.8. The molecule has 1 aliphatic heterocycles. The predicted molar refractivity (Wildman–Crippen MR) is 106 cm³/mol. The van der Waals surface area contributed by atoms with Gasteiger partial charge in [-0.1, -0.05) is 34.1 Å². The Labute approximate surface area is 173 Å². The molecular formula is C21H35NO7. The Morgan fingerprint density at radius 2 is 2.03 bits per heavy atom. The summed E-state index contributed by atoms with van der Waals surface area (Å²) in [6.45, 7) is 10.2. The standard InChI is InChI=1S/C21H35NO7/c1-6-10-27-22(25)19(20(24)26-7-2)16-12-18(23)29-21(16)28-17-11-14(5)8-9-15(17)13(3)4/h13-17,21H,6-12H2,1-5H3/b22-19-/t14-,15+,16+,17-,21-/m1/s1. The molecule has 1 saturated heterocycles. The van der Waals surface area contributed by atoms with Gasteiger partial charge in [0, 0.05) is 4.90 Å². The molecule has 1 saturated carbocycles. The summed E-state index contributed by atoms with van der Waals surface area (Å²) in [6.07, 6.45) is 2.41. The van der Waals surface area contributed by atoms with Crippen molar-refractivity contribution in [3.63, 3.8) is 0 Å². The summed E-state index contributed by atoms with van der Waals surface area (Å²) in [5.74, 6) is -0.926. The molecule has 2 fully saturated rings. The van der Waals surface area contributed by atoms with E-state index >= 15 is 0 Å². The monoisotopic (exact) mass is 413 g/mol. The van der Waals surface area contributed by atoms with Crippen LogP contribution in [0.1, 0.15) is 66.7 Å². The van der Waals surface area contributed by atoms with Crippen molar-refractivity contribution < 1.29 is 33.5 Å². The smallest absolute Gasteiger partial charge is 0.405 e. The lowest BCUT2D eigenvalue weighted by Gasteiger charge is -2.38. The van der Waals surface area contributed by atoms with E-state index in [1.807, 2.05) is 6.92 Å². The summed E-state index contributed by atoms with van der Waals surface area (Å²) in [5, 5.41) is 12.5. The Balaban J connectivity index is 2.27. The zero-order valence-electron chi connectivity index (χ0n) is 18.2. The Kier molecular flexibility index (Phi) is 8.74. The van der Waals surface area contributed by atoms with Gasteiger partial charge in [-0.2, -0.15) is 0 Å². The van der Waals surface area contributed by atoms with Gasteiger partial charge in [0.1, 0.15) is 5.92 Å². The number of hydrogen-bond donors (Lipinski definition) is 0. The molecule has 1 aliphatic carbocycles. The van der Waals surface area contributed by atoms with Crippen LogP contribution in [0.4, 0.5) is 0 Å². The van der Waals surface area contributed by atoms with E-state index in [1.165, 1.54) is 0 Å². The van der Waals surface area contributed by atoms with E-state index in [0.717, 1.165) is 19.3 Å². The highest BCUT2D eigenvalue weighted by Crippen LogP contribution is 2.38. The highest BCUT2D eigenvalue weighted by atomic mass is 16.9. The summed E-state index contributed by atoms with van der Waals surface area (Å²) in [4.78, 5) is 29.9. The summed E-state index contributed by atoms with van der Waals surface area (Å²) >= 11 is 0. The summed E-state index contributed by atoms with van der Waals surface area (Å²) in [6, 6.07) is 0. The van der Waals surface area contributed by atoms with E-state index in [0.29, 0.717) is 24.2 Å². The molecular weight excluding hydrogens is 378 g/mol. The zero-order valence-corrected chi connectivity index (χ0v) is 18.2. The normalized spacial score (nSPS) is 30.7. The lowest BCUT2D eigenvalue weighted by atomic mass is 9.75. The lowest BCUT2D eigenvalue weighted by molar-refractivity contribution is -0.742. The molecule has 0 unspecified atom stereocenters. The maximum atomic E-state index is 12.5. The van der Waals surface area contributed by atoms with Gasteiger partial charge in [0.15, 0.2) is 0 Å². The highest BCUT2D eigenvalue weighted by Gasteiger charge is 2.50. The Morgan fingerprint density at radius 1 is 1.31 bits per heavy atom. The topological polar surface area (TPSA) is 97.1 Å². The van der Waals surface area contributed by atoms with E-state index in [9.17, 15) is 14.8 Å². The van der Waals surface area contributed by atoms with Crippen molar-refractivity contribution in [2.45, 2.75) is 79.1 Å². The van der Waals surface area contributed by atoms with Crippen molar-refractivity contribution in [2.24, 2.45) is 23.7 Å². The van der Waals surface area contributed by atoms with Crippen LogP contribution in [0.3, 0.4) is 0 Å². The molecule has 0 aromatic carbocycles. The zero-order chi connectivity index (χ0) is 21.6. The van der Waals surface area contributed by atoms with Crippen molar-refractivity contribution in [3.05, 3.63) is 5.21 Å². The highest BCUT2D eigenvalue weighted by molar-refractivity contribution is 6.35. The van der Waals surface area contributed by atoms with Crippen LogP contribution < -0.4 is 0 Å². The van der Waals surface area contributed by atoms with Gasteiger partial charge in [0.05, 0.1) is 25.7 Å². The quantitative estimate of drug-likeness (QED) is 0.248. The maximum Gasteiger partial charge on any atom is 0.405 e. The van der Waals surface area contributed by atoms with E-state index in [4.69, 9.17) is 19.0 Å². The Morgan fingerprint density at radius 3 is 2.66 bits per heavy atom. The minimum absolute atomic E-state index is 0.0998. The Hall–Kier alpha value is -1.83. The van der Waals surface area contributed by atoms with Crippen molar-refractivity contribution >= 4 is 17.7 Å². The minimum atomic E-state index is -1.000. The van der Waals surface area contributed by atoms with Crippen LogP contribution >= 0.6 is 0 Å². The molecule has 0 aromatic rings. The number of ether oxygens (including phenoxy) is 3. The molecule has 0 amide bonds. The summed E-state index contributed by atoms with van der Waals surface area (Å²) in [7, 11) is 0. The van der Waals surface area contributed by atoms with Gasteiger partial charge in [-0.25, -0.2) is 4.79 Å². The Bertz CT molecular complexity index is 604. The molecule has 1 heterocycles. The van der Waals surface area contributed by atoms with E-state index in [1.54, 1.807) is 6.92 Å². The molecule has 0 spiro atoms. The fourth-order valence-corrected chi connectivity index (χ4v) is 4.14. The third-order valence-electron chi connectivity index (χ3n) is 5.68. The number of esters is 2. The van der Waals surface area contributed by atoms with Gasteiger partial charge >= 0.3 is 17.7 Å². The summed E-state index contributed by atoms with van der Waals surface area (Å²) in [5.41, 5.74) is -0.277. The third kappa shape index (κ3) is 6.07. The number of carbonyl (C=O) groups excluding carboxylic acids is 2. The van der Waals surface area contributed by atoms with Gasteiger partial charge in [-0.3, -0.25) is 10.0 Å². The molecule has 0 bridgehead atoms. The molecule has 5 atom stereocenters. The van der Waals surface area contributed by atoms with Crippen LogP contribution in [0, 0.1) is 28.9 Å². The third-order valence-corrected chi connectivity index (χ3v) is 5.68. The molecule has 0 radical (unpaired) electrons. The first-order valence-electron chi connectivity index (χ1n) is 10.8. The lowest BCUT2D eigenvalue weighted by Crippen LogP contribution is -2.43. The van der Waals surface area contributed by atoms with E-state index in [-0.39, 0.29) is 36.4 Å². The molecule has 0 aromatic heterocycles. The first-order chi connectivity index (χ1) is 13.8. The van der Waals surface area contributed by atoms with Crippen molar-refractivity contribution in [1.29, 1.82) is 0 Å². The maximum absolute atomic E-state index is 12.5. The fourth-order valence-electron chi connectivity index (χ4n) is 4.14. The van der Waals surface area contributed by atoms with Crippen LogP contribution in [0.25, 0.3) is 0 Å². The van der Waals surface area contributed by atoms with Crippen LogP contribution in [-0.4, -0.2) is 48.2 Å². The van der Waals surface area contributed by atoms with Crippen LogP contribution in [0.5, 0.6) is 0 Å². The number of hydrogen-bond acceptors (Lipinski definition) is 7. The van der Waals surface area contributed by atoms with Gasteiger partial charge in [0.2, 0.25) is 6.29 Å². The van der Waals surface area contributed by atoms with Crippen LogP contribution in [0.2, 0.25) is 0 Å². The second-order valence-electron chi connectivity index (χ2n) is 8.37. The van der Waals surface area contributed by atoms with Gasteiger partial charge in [-0.15, -0.1) is 0 Å². The fraction of sp³-hybridized carbons (Fsp3) is 0.857. The minimum Gasteiger partial charge on any atom is -0.458 e. The second-order valence-corrected chi connectivity index (χ2v) is 8.37. The number of rotatable bonds is 9. The van der Waals surface area contributed by atoms with Crippen molar-refractivity contribution in [1.82, 2.24) is 0 Å². The molecule has 2 rings (SSSR count). The molecule has 166 valence electrons. The van der Waals surface area contributed by atoms with Gasteiger partial charge in [0.25, 0.3) is 0 Å². The van der Waals surface area contributed by atoms with Crippen LogP contribution in [0.15, 0.2) is 0 Å². The van der Waals surface area contributed by atoms with Gasteiger partial charge in [-0.05, 0) is 43.9 Å². The number of nitrogens with zero attached hydrogens (tertiary/aromatic N) is 1. The predicted octanol–water partition coefficient (Wildman–Crippen LogP) is 3.21. The van der Waals surface area contributed by atoms with Crippen molar-refractivity contribution in [3.8, 4) is 0 Å². The van der Waals surface area contributed by atoms with Crippen LogP contribution in [-0.2, 0) is 28.6 Å². The summed E-state index contributed by atoms with van der Waals surface area (Å²) < 4.78 is 16.7. The molecule has 2 aliphatic rings. The first kappa shape index (κ1) is 23.4. The number of carbonyl (C=O) groups is 2. The second kappa shape index (κ2) is 10.8. The van der Waals surface area contributed by atoms with E-state index in [2.05, 4.69) is 20.8 Å². The molecule has 0 N–H and O–H groups in total.